The summed E-state index contributed by atoms with van der Waals surface area (Å²) in [6.07, 6.45) is 6.77. The number of rotatable bonds is 5. The summed E-state index contributed by atoms with van der Waals surface area (Å²) in [4.78, 5) is 14.4. The first-order valence-electron chi connectivity index (χ1n) is 9.77. The van der Waals surface area contributed by atoms with Gasteiger partial charge in [0.25, 0.3) is 0 Å². The van der Waals surface area contributed by atoms with E-state index in [-0.39, 0.29) is 12.1 Å². The summed E-state index contributed by atoms with van der Waals surface area (Å²) in [7, 11) is 0. The molecule has 0 unspecified atom stereocenters. The van der Waals surface area contributed by atoms with Crippen LogP contribution in [0.5, 0.6) is 0 Å². The summed E-state index contributed by atoms with van der Waals surface area (Å²) >= 11 is 0. The largest absolute Gasteiger partial charge is 0.444 e. The number of alkyl carbamates (subject to hydrolysis) is 1. The summed E-state index contributed by atoms with van der Waals surface area (Å²) in [5, 5.41) is 6.72. The summed E-state index contributed by atoms with van der Waals surface area (Å²) in [6.45, 7) is 12.8. The normalized spacial score (nSPS) is 27.0. The topological polar surface area (TPSA) is 53.6 Å². The number of nitrogens with zero attached hydrogens (tertiary/aromatic N) is 1. The molecule has 5 heteroatoms. The zero-order valence-corrected chi connectivity index (χ0v) is 16.1. The number of likely N-dealkylation sites (tertiary alicyclic amines) is 1. The van der Waals surface area contributed by atoms with E-state index in [1.165, 1.54) is 32.5 Å². The van der Waals surface area contributed by atoms with Gasteiger partial charge in [-0.15, -0.1) is 0 Å². The number of carbonyl (C=O) groups excluding carboxylic acids is 1. The van der Waals surface area contributed by atoms with Gasteiger partial charge in [-0.05, 0) is 78.3 Å². The predicted molar refractivity (Wildman–Crippen MR) is 98.3 cm³/mol. The van der Waals surface area contributed by atoms with Crippen LogP contribution < -0.4 is 10.6 Å². The molecule has 0 atom stereocenters. The van der Waals surface area contributed by atoms with Crippen molar-refractivity contribution in [3.8, 4) is 0 Å². The molecule has 0 radical (unpaired) electrons. The minimum atomic E-state index is -0.422. The Balaban J connectivity index is 1.55. The summed E-state index contributed by atoms with van der Waals surface area (Å²) in [5.74, 6) is 0.905. The van der Waals surface area contributed by atoms with Crippen molar-refractivity contribution in [3.63, 3.8) is 0 Å². The maximum absolute atomic E-state index is 11.8. The van der Waals surface area contributed by atoms with Crippen LogP contribution in [0.25, 0.3) is 0 Å². The van der Waals surface area contributed by atoms with Crippen molar-refractivity contribution in [2.75, 3.05) is 26.2 Å². The van der Waals surface area contributed by atoms with E-state index < -0.39 is 5.60 Å². The number of hydrogen-bond acceptors (Lipinski definition) is 4. The Bertz CT molecular complexity index is 379. The van der Waals surface area contributed by atoms with Crippen LogP contribution in [-0.4, -0.2) is 54.9 Å². The fourth-order valence-electron chi connectivity index (χ4n) is 3.63. The Labute approximate surface area is 147 Å². The second-order valence-corrected chi connectivity index (χ2v) is 8.67. The predicted octanol–water partition coefficient (Wildman–Crippen LogP) is 3.14. The lowest BCUT2D eigenvalue weighted by atomic mass is 9.91. The average Bonchev–Trinajstić information content (AvgIpc) is 2.49. The van der Waals surface area contributed by atoms with E-state index in [1.807, 2.05) is 20.8 Å². The van der Waals surface area contributed by atoms with Crippen LogP contribution in [0.4, 0.5) is 4.79 Å². The van der Waals surface area contributed by atoms with Gasteiger partial charge in [-0.25, -0.2) is 4.79 Å². The Morgan fingerprint density at radius 3 is 2.21 bits per heavy atom. The van der Waals surface area contributed by atoms with Crippen molar-refractivity contribution < 1.29 is 9.53 Å². The molecule has 1 heterocycles. The van der Waals surface area contributed by atoms with E-state index in [0.717, 1.165) is 38.1 Å². The van der Waals surface area contributed by atoms with Gasteiger partial charge >= 0.3 is 6.09 Å². The highest BCUT2D eigenvalue weighted by Gasteiger charge is 2.24. The fourth-order valence-corrected chi connectivity index (χ4v) is 3.63. The number of hydrogen-bond donors (Lipinski definition) is 2. The van der Waals surface area contributed by atoms with Crippen molar-refractivity contribution in [3.05, 3.63) is 0 Å². The first-order chi connectivity index (χ1) is 11.3. The van der Waals surface area contributed by atoms with E-state index >= 15 is 0 Å². The molecule has 1 saturated heterocycles. The molecule has 0 aromatic carbocycles. The molecule has 140 valence electrons. The molecule has 1 saturated carbocycles. The highest BCUT2D eigenvalue weighted by Crippen LogP contribution is 2.20. The Morgan fingerprint density at radius 1 is 1.04 bits per heavy atom. The number of piperidine rings is 1. The summed E-state index contributed by atoms with van der Waals surface area (Å²) in [5.41, 5.74) is -0.422. The van der Waals surface area contributed by atoms with Gasteiger partial charge in [-0.1, -0.05) is 6.92 Å². The second-order valence-electron chi connectivity index (χ2n) is 8.67. The number of amides is 1. The zero-order chi connectivity index (χ0) is 17.6. The number of carbonyl (C=O) groups is 1. The maximum atomic E-state index is 11.8. The van der Waals surface area contributed by atoms with E-state index in [2.05, 4.69) is 22.5 Å². The van der Waals surface area contributed by atoms with Gasteiger partial charge in [-0.2, -0.15) is 0 Å². The lowest BCUT2D eigenvalue weighted by Gasteiger charge is -2.33. The van der Waals surface area contributed by atoms with Gasteiger partial charge in [0.1, 0.15) is 5.60 Å². The molecule has 5 nitrogen and oxygen atoms in total. The van der Waals surface area contributed by atoms with Crippen LogP contribution in [0.3, 0.4) is 0 Å². The van der Waals surface area contributed by atoms with Crippen molar-refractivity contribution >= 4 is 6.09 Å². The van der Waals surface area contributed by atoms with Gasteiger partial charge in [0.05, 0.1) is 0 Å². The number of ether oxygens (including phenoxy) is 1. The average molecular weight is 340 g/mol. The molecule has 0 aromatic heterocycles. The lowest BCUT2D eigenvalue weighted by molar-refractivity contribution is 0.0489. The highest BCUT2D eigenvalue weighted by molar-refractivity contribution is 5.68. The van der Waals surface area contributed by atoms with Crippen molar-refractivity contribution in [1.29, 1.82) is 0 Å². The van der Waals surface area contributed by atoms with Crippen LogP contribution in [0.15, 0.2) is 0 Å². The number of nitrogens with one attached hydrogen (secondary N) is 2. The monoisotopic (exact) mass is 339 g/mol. The third-order valence-corrected chi connectivity index (χ3v) is 5.19. The van der Waals surface area contributed by atoms with E-state index in [0.29, 0.717) is 6.04 Å². The van der Waals surface area contributed by atoms with Crippen LogP contribution in [0.2, 0.25) is 0 Å². The van der Waals surface area contributed by atoms with Crippen LogP contribution in [-0.2, 0) is 4.74 Å². The van der Waals surface area contributed by atoms with E-state index in [1.54, 1.807) is 0 Å². The quantitative estimate of drug-likeness (QED) is 0.808. The molecule has 0 aromatic rings. The summed E-state index contributed by atoms with van der Waals surface area (Å²) in [6, 6.07) is 0.867. The minimum Gasteiger partial charge on any atom is -0.444 e. The smallest absolute Gasteiger partial charge is 0.407 e. The molecular formula is C19H37N3O2. The Kier molecular flexibility index (Phi) is 7.35. The van der Waals surface area contributed by atoms with Gasteiger partial charge in [-0.3, -0.25) is 0 Å². The van der Waals surface area contributed by atoms with Crippen LogP contribution in [0, 0.1) is 5.92 Å². The molecule has 2 fully saturated rings. The molecule has 1 aliphatic heterocycles. The van der Waals surface area contributed by atoms with Gasteiger partial charge < -0.3 is 20.3 Å². The third-order valence-electron chi connectivity index (χ3n) is 5.19. The van der Waals surface area contributed by atoms with E-state index in [9.17, 15) is 4.79 Å². The van der Waals surface area contributed by atoms with Crippen molar-refractivity contribution in [2.45, 2.75) is 83.9 Å². The van der Waals surface area contributed by atoms with Crippen molar-refractivity contribution in [2.24, 2.45) is 5.92 Å². The van der Waals surface area contributed by atoms with Crippen LogP contribution >= 0.6 is 0 Å². The SMILES string of the molecule is CC1CCN(CCNC2CCC(NC(=O)OC(C)(C)C)CC2)CC1. The first kappa shape index (κ1) is 19.5. The molecule has 2 N–H and O–H groups in total. The highest BCUT2D eigenvalue weighted by atomic mass is 16.6. The Morgan fingerprint density at radius 2 is 1.62 bits per heavy atom. The van der Waals surface area contributed by atoms with E-state index in [4.69, 9.17) is 4.74 Å². The molecule has 0 spiro atoms. The van der Waals surface area contributed by atoms with Crippen LogP contribution in [0.1, 0.15) is 66.2 Å². The first-order valence-corrected chi connectivity index (χ1v) is 9.77. The second kappa shape index (κ2) is 9.04. The molecule has 2 rings (SSSR count). The van der Waals surface area contributed by atoms with Gasteiger partial charge in [0.15, 0.2) is 0 Å². The zero-order valence-electron chi connectivity index (χ0n) is 16.1. The molecule has 1 amide bonds. The van der Waals surface area contributed by atoms with Gasteiger partial charge in [0.2, 0.25) is 0 Å². The molecule has 0 bridgehead atoms. The standard InChI is InChI=1S/C19H37N3O2/c1-15-9-12-22(13-10-15)14-11-20-16-5-7-17(8-6-16)21-18(23)24-19(2,3)4/h15-17,20H,5-14H2,1-4H3,(H,21,23). The fraction of sp³-hybridized carbons (Fsp3) is 0.947. The maximum Gasteiger partial charge on any atom is 0.407 e. The molecule has 24 heavy (non-hydrogen) atoms. The molecule has 2 aliphatic rings. The molecule has 1 aliphatic carbocycles. The Hall–Kier alpha value is -0.810. The molecular weight excluding hydrogens is 302 g/mol. The lowest BCUT2D eigenvalue weighted by Crippen LogP contribution is -2.45. The summed E-state index contributed by atoms with van der Waals surface area (Å²) < 4.78 is 5.34. The minimum absolute atomic E-state index is 0.265. The van der Waals surface area contributed by atoms with Crippen molar-refractivity contribution in [1.82, 2.24) is 15.5 Å². The third kappa shape index (κ3) is 7.39. The van der Waals surface area contributed by atoms with Gasteiger partial charge in [0, 0.05) is 25.2 Å².